The van der Waals surface area contributed by atoms with Crippen LogP contribution in [0.25, 0.3) is 17.4 Å². The van der Waals surface area contributed by atoms with Crippen molar-refractivity contribution in [3.8, 4) is 11.3 Å². The second-order valence-electron chi connectivity index (χ2n) is 6.98. The van der Waals surface area contributed by atoms with E-state index in [1.807, 2.05) is 6.92 Å². The molecule has 1 aliphatic rings. The molecule has 2 aromatic carbocycles. The Balaban J connectivity index is 1.65. The van der Waals surface area contributed by atoms with E-state index >= 15 is 0 Å². The zero-order chi connectivity index (χ0) is 23.0. The number of furan rings is 1. The maximum atomic E-state index is 13.0. The molecule has 4 rings (SSSR count). The number of carbonyl (C=O) groups is 4. The largest absolute Gasteiger partial charge is 0.478 e. The van der Waals surface area contributed by atoms with Crippen molar-refractivity contribution in [2.24, 2.45) is 0 Å². The molecule has 8 nitrogen and oxygen atoms in total. The van der Waals surface area contributed by atoms with E-state index in [9.17, 15) is 19.2 Å². The highest BCUT2D eigenvalue weighted by Crippen LogP contribution is 2.28. The number of hydrogen-bond donors (Lipinski definition) is 2. The molecule has 0 unspecified atom stereocenters. The van der Waals surface area contributed by atoms with E-state index in [2.05, 4.69) is 21.2 Å². The number of hydrogen-bond acceptors (Lipinski definition) is 5. The topological polar surface area (TPSA) is 117 Å². The van der Waals surface area contributed by atoms with Gasteiger partial charge in [-0.2, -0.15) is 0 Å². The molecule has 0 bridgehead atoms. The van der Waals surface area contributed by atoms with Crippen molar-refractivity contribution >= 4 is 51.5 Å². The van der Waals surface area contributed by atoms with Crippen LogP contribution in [0.4, 0.5) is 10.5 Å². The SMILES string of the molecule is Cc1cc(N2C(=O)NC(=O)/C(=C\c3ccc(-c4ccc(C(=O)O)cc4)o3)C2=O)ccc1Br. The summed E-state index contributed by atoms with van der Waals surface area (Å²) in [6, 6.07) is 13.4. The normalized spacial score (nSPS) is 15.2. The van der Waals surface area contributed by atoms with Crippen molar-refractivity contribution < 1.29 is 28.7 Å². The molecular weight excluding hydrogens is 480 g/mol. The van der Waals surface area contributed by atoms with Crippen molar-refractivity contribution in [3.05, 3.63) is 81.5 Å². The molecule has 4 amide bonds. The molecule has 0 atom stereocenters. The van der Waals surface area contributed by atoms with Gasteiger partial charge in [0.1, 0.15) is 17.1 Å². The number of carboxylic acids is 1. The third-order valence-corrected chi connectivity index (χ3v) is 5.72. The highest BCUT2D eigenvalue weighted by Gasteiger charge is 2.37. The molecule has 1 saturated heterocycles. The third kappa shape index (κ3) is 3.97. The molecule has 32 heavy (non-hydrogen) atoms. The van der Waals surface area contributed by atoms with Crippen LogP contribution >= 0.6 is 15.9 Å². The van der Waals surface area contributed by atoms with Crippen molar-refractivity contribution in [2.75, 3.05) is 4.90 Å². The third-order valence-electron chi connectivity index (χ3n) is 4.83. The van der Waals surface area contributed by atoms with E-state index in [1.54, 1.807) is 42.5 Å². The lowest BCUT2D eigenvalue weighted by atomic mass is 10.1. The standard InChI is InChI=1S/C23H15BrN2O6/c1-12-10-15(6-8-18(12)24)26-21(28)17(20(27)25-23(26)31)11-16-7-9-19(32-16)13-2-4-14(5-3-13)22(29)30/h2-11H,1H3,(H,29,30)(H,25,27,31)/b17-11+. The van der Waals surface area contributed by atoms with Crippen molar-refractivity contribution in [1.29, 1.82) is 0 Å². The average molecular weight is 495 g/mol. The maximum Gasteiger partial charge on any atom is 0.335 e. The Kier molecular flexibility index (Phi) is 5.50. The van der Waals surface area contributed by atoms with Gasteiger partial charge in [0.15, 0.2) is 0 Å². The molecule has 1 fully saturated rings. The summed E-state index contributed by atoms with van der Waals surface area (Å²) in [7, 11) is 0. The van der Waals surface area contributed by atoms with Gasteiger partial charge in [-0.15, -0.1) is 0 Å². The summed E-state index contributed by atoms with van der Waals surface area (Å²) in [5.74, 6) is -1.99. The van der Waals surface area contributed by atoms with Gasteiger partial charge >= 0.3 is 12.0 Å². The van der Waals surface area contributed by atoms with Crippen LogP contribution in [0.15, 0.2) is 69.1 Å². The van der Waals surface area contributed by atoms with Crippen LogP contribution in [-0.4, -0.2) is 28.9 Å². The lowest BCUT2D eigenvalue weighted by molar-refractivity contribution is -0.122. The van der Waals surface area contributed by atoms with Gasteiger partial charge in [-0.3, -0.25) is 14.9 Å². The molecule has 0 aliphatic carbocycles. The predicted octanol–water partition coefficient (Wildman–Crippen LogP) is 4.38. The first-order valence-corrected chi connectivity index (χ1v) is 10.1. The monoisotopic (exact) mass is 494 g/mol. The number of aryl methyl sites for hydroxylation is 1. The quantitative estimate of drug-likeness (QED) is 0.410. The number of aromatic carboxylic acids is 1. The van der Waals surface area contributed by atoms with E-state index in [4.69, 9.17) is 9.52 Å². The summed E-state index contributed by atoms with van der Waals surface area (Å²) in [4.78, 5) is 49.6. The number of carbonyl (C=O) groups excluding carboxylic acids is 3. The second-order valence-corrected chi connectivity index (χ2v) is 7.83. The average Bonchev–Trinajstić information content (AvgIpc) is 3.22. The predicted molar refractivity (Wildman–Crippen MR) is 119 cm³/mol. The maximum absolute atomic E-state index is 13.0. The molecule has 0 radical (unpaired) electrons. The van der Waals surface area contributed by atoms with E-state index in [1.165, 1.54) is 18.2 Å². The van der Waals surface area contributed by atoms with E-state index < -0.39 is 23.8 Å². The number of nitrogens with one attached hydrogen (secondary N) is 1. The summed E-state index contributed by atoms with van der Waals surface area (Å²) in [5, 5.41) is 11.2. The van der Waals surface area contributed by atoms with E-state index in [-0.39, 0.29) is 16.9 Å². The fourth-order valence-electron chi connectivity index (χ4n) is 3.16. The van der Waals surface area contributed by atoms with Crippen LogP contribution in [0.2, 0.25) is 0 Å². The minimum atomic E-state index is -1.04. The molecule has 3 aromatic rings. The number of carboxylic acid groups (broad SMARTS) is 1. The Morgan fingerprint density at radius 2 is 1.78 bits per heavy atom. The number of rotatable bonds is 4. The van der Waals surface area contributed by atoms with Gasteiger partial charge in [0.05, 0.1) is 11.3 Å². The first kappa shape index (κ1) is 21.3. The molecule has 2 N–H and O–H groups in total. The van der Waals surface area contributed by atoms with Crippen molar-refractivity contribution in [2.45, 2.75) is 6.92 Å². The summed E-state index contributed by atoms with van der Waals surface area (Å²) in [5.41, 5.74) is 1.65. The minimum Gasteiger partial charge on any atom is -0.478 e. The Bertz CT molecular complexity index is 1310. The van der Waals surface area contributed by atoms with E-state index in [0.717, 1.165) is 14.9 Å². The number of halogens is 1. The molecule has 160 valence electrons. The minimum absolute atomic E-state index is 0.139. The molecule has 9 heteroatoms. The summed E-state index contributed by atoms with van der Waals surface area (Å²) in [6.45, 7) is 1.81. The molecule has 2 heterocycles. The fraction of sp³-hybridized carbons (Fsp3) is 0.0435. The van der Waals surface area contributed by atoms with Crippen molar-refractivity contribution in [1.82, 2.24) is 5.32 Å². The van der Waals surface area contributed by atoms with Crippen molar-refractivity contribution in [3.63, 3.8) is 0 Å². The highest BCUT2D eigenvalue weighted by atomic mass is 79.9. The molecule has 1 aromatic heterocycles. The Morgan fingerprint density at radius 1 is 1.06 bits per heavy atom. The molecule has 0 spiro atoms. The number of benzene rings is 2. The van der Waals surface area contributed by atoms with Crippen LogP contribution < -0.4 is 10.2 Å². The smallest absolute Gasteiger partial charge is 0.335 e. The molecule has 1 aliphatic heterocycles. The van der Waals surface area contributed by atoms with Crippen LogP contribution in [0, 0.1) is 6.92 Å². The second kappa shape index (κ2) is 8.27. The van der Waals surface area contributed by atoms with Gasteiger partial charge < -0.3 is 9.52 Å². The molecule has 0 saturated carbocycles. The van der Waals surface area contributed by atoms with Crippen LogP contribution in [0.1, 0.15) is 21.7 Å². The summed E-state index contributed by atoms with van der Waals surface area (Å²) >= 11 is 3.37. The van der Waals surface area contributed by atoms with Gasteiger partial charge in [0.2, 0.25) is 0 Å². The number of nitrogens with zero attached hydrogens (tertiary/aromatic N) is 1. The van der Waals surface area contributed by atoms with Gasteiger partial charge in [-0.25, -0.2) is 14.5 Å². The number of urea groups is 1. The first-order chi connectivity index (χ1) is 15.2. The molecular formula is C23H15BrN2O6. The highest BCUT2D eigenvalue weighted by molar-refractivity contribution is 9.10. The number of amides is 4. The number of barbiturate groups is 1. The Hall–Kier alpha value is -3.98. The van der Waals surface area contributed by atoms with Gasteiger partial charge in [0, 0.05) is 10.0 Å². The zero-order valence-electron chi connectivity index (χ0n) is 16.6. The lowest BCUT2D eigenvalue weighted by Gasteiger charge is -2.26. The van der Waals surface area contributed by atoms with Gasteiger partial charge in [-0.05, 0) is 61.0 Å². The lowest BCUT2D eigenvalue weighted by Crippen LogP contribution is -2.54. The Morgan fingerprint density at radius 3 is 2.44 bits per heavy atom. The number of anilines is 1. The van der Waals surface area contributed by atoms with Crippen LogP contribution in [0.3, 0.4) is 0 Å². The number of imide groups is 2. The van der Waals surface area contributed by atoms with Gasteiger partial charge in [0.25, 0.3) is 11.8 Å². The van der Waals surface area contributed by atoms with Crippen LogP contribution in [-0.2, 0) is 9.59 Å². The Labute approximate surface area is 190 Å². The van der Waals surface area contributed by atoms with Crippen LogP contribution in [0.5, 0.6) is 0 Å². The van der Waals surface area contributed by atoms with E-state index in [0.29, 0.717) is 17.0 Å². The van der Waals surface area contributed by atoms with Gasteiger partial charge in [-0.1, -0.05) is 28.1 Å². The zero-order valence-corrected chi connectivity index (χ0v) is 18.2. The first-order valence-electron chi connectivity index (χ1n) is 9.36. The fourth-order valence-corrected chi connectivity index (χ4v) is 3.41. The summed E-state index contributed by atoms with van der Waals surface area (Å²) < 4.78 is 6.52. The summed E-state index contributed by atoms with van der Waals surface area (Å²) in [6.07, 6.45) is 1.26.